The molecule has 0 amide bonds. The van der Waals surface area contributed by atoms with Crippen molar-refractivity contribution < 1.29 is 30.0 Å². The molecule has 2 unspecified atom stereocenters. The smallest absolute Gasteiger partial charge is 0.331 e. The Hall–Kier alpha value is -1.99. The maximum atomic E-state index is 12.5. The Labute approximate surface area is 217 Å². The van der Waals surface area contributed by atoms with Gasteiger partial charge in [0.2, 0.25) is 0 Å². The summed E-state index contributed by atoms with van der Waals surface area (Å²) in [5, 5.41) is 41.9. The van der Waals surface area contributed by atoms with Crippen molar-refractivity contribution in [1.82, 2.24) is 0 Å². The van der Waals surface area contributed by atoms with Gasteiger partial charge in [0, 0.05) is 30.3 Å². The summed E-state index contributed by atoms with van der Waals surface area (Å²) in [4.78, 5) is 12.5. The van der Waals surface area contributed by atoms with Crippen LogP contribution in [-0.2, 0) is 9.53 Å². The Balaban J connectivity index is 3.03. The summed E-state index contributed by atoms with van der Waals surface area (Å²) in [6, 6.07) is 0. The van der Waals surface area contributed by atoms with E-state index in [0.717, 1.165) is 19.3 Å². The van der Waals surface area contributed by atoms with Crippen molar-refractivity contribution >= 4 is 5.97 Å². The third-order valence-corrected chi connectivity index (χ3v) is 7.02. The standard InChI is InChI=1S/C30H48O6/c1-6-7-13-23(4)30-24(5)27(33)16-12-11-14-21(2)29(35)22(3)18-19-26(32)20-25(31)15-9-8-10-17-28(34)36-30/h6-10,13,17-19,21-27,29-33,35H,1,11-12,14-16,20H2,2-5H3/b9-8+,13-7-,17-10-,19-18-/t21-,22-,23-,24-,25+,26+,27?,29+,30?/m0/s1. The molecule has 0 radical (unpaired) electrons. The Morgan fingerprint density at radius 2 is 1.75 bits per heavy atom. The SMILES string of the molecule is C=C/C=C\[C@H](C)C1OC(=O)/C=C\C=C\C[C@@H](O)C[C@H](O)/C=C\[C@H](C)[C@H](O)[C@@H](C)CCCCC(O)[C@@H]1C. The summed E-state index contributed by atoms with van der Waals surface area (Å²) < 4.78 is 5.75. The van der Waals surface area contributed by atoms with Crippen LogP contribution in [0.25, 0.3) is 0 Å². The van der Waals surface area contributed by atoms with Gasteiger partial charge < -0.3 is 25.2 Å². The van der Waals surface area contributed by atoms with Crippen molar-refractivity contribution in [2.75, 3.05) is 0 Å². The van der Waals surface area contributed by atoms with Crippen LogP contribution >= 0.6 is 0 Å². The first-order chi connectivity index (χ1) is 17.1. The Bertz CT molecular complexity index is 755. The zero-order chi connectivity index (χ0) is 27.1. The van der Waals surface area contributed by atoms with E-state index in [0.29, 0.717) is 12.8 Å². The molecule has 6 nitrogen and oxygen atoms in total. The van der Waals surface area contributed by atoms with E-state index in [9.17, 15) is 25.2 Å². The van der Waals surface area contributed by atoms with Crippen molar-refractivity contribution in [3.05, 3.63) is 61.3 Å². The Morgan fingerprint density at radius 3 is 2.44 bits per heavy atom. The van der Waals surface area contributed by atoms with E-state index in [2.05, 4.69) is 6.58 Å². The molecule has 0 saturated heterocycles. The third-order valence-electron chi connectivity index (χ3n) is 7.02. The van der Waals surface area contributed by atoms with Crippen LogP contribution in [0.4, 0.5) is 0 Å². The highest BCUT2D eigenvalue weighted by Crippen LogP contribution is 2.26. The molecule has 1 aliphatic heterocycles. The van der Waals surface area contributed by atoms with Crippen LogP contribution in [0.1, 0.15) is 66.2 Å². The number of rotatable bonds is 3. The molecule has 0 bridgehead atoms. The van der Waals surface area contributed by atoms with E-state index < -0.39 is 36.5 Å². The average Bonchev–Trinajstić information content (AvgIpc) is 2.84. The number of carbonyl (C=O) groups is 1. The molecule has 0 saturated carbocycles. The first kappa shape index (κ1) is 32.0. The molecular weight excluding hydrogens is 456 g/mol. The van der Waals surface area contributed by atoms with E-state index in [1.807, 2.05) is 45.9 Å². The van der Waals surface area contributed by atoms with Crippen molar-refractivity contribution in [3.63, 3.8) is 0 Å². The number of ether oxygens (including phenoxy) is 1. The molecular formula is C30H48O6. The molecule has 9 atom stereocenters. The highest BCUT2D eigenvalue weighted by Gasteiger charge is 2.30. The van der Waals surface area contributed by atoms with Gasteiger partial charge in [-0.05, 0) is 25.2 Å². The zero-order valence-corrected chi connectivity index (χ0v) is 22.4. The first-order valence-corrected chi connectivity index (χ1v) is 13.3. The molecule has 1 heterocycles. The van der Waals surface area contributed by atoms with Gasteiger partial charge in [0.05, 0.1) is 24.4 Å². The van der Waals surface area contributed by atoms with Crippen molar-refractivity contribution in [2.24, 2.45) is 23.7 Å². The van der Waals surface area contributed by atoms with E-state index in [4.69, 9.17) is 4.74 Å². The molecule has 0 aliphatic carbocycles. The van der Waals surface area contributed by atoms with Crippen LogP contribution in [0.3, 0.4) is 0 Å². The van der Waals surface area contributed by atoms with Crippen LogP contribution < -0.4 is 0 Å². The van der Waals surface area contributed by atoms with Crippen LogP contribution in [0.15, 0.2) is 61.3 Å². The Kier molecular flexibility index (Phi) is 15.5. The number of cyclic esters (lactones) is 1. The van der Waals surface area contributed by atoms with E-state index >= 15 is 0 Å². The lowest BCUT2D eigenvalue weighted by Crippen LogP contribution is -2.37. The average molecular weight is 505 g/mol. The normalized spacial score (nSPS) is 38.2. The second-order valence-electron chi connectivity index (χ2n) is 10.3. The van der Waals surface area contributed by atoms with Crippen LogP contribution in [0.5, 0.6) is 0 Å². The molecule has 1 aliphatic rings. The summed E-state index contributed by atoms with van der Waals surface area (Å²) in [6.45, 7) is 11.5. The first-order valence-electron chi connectivity index (χ1n) is 13.3. The highest BCUT2D eigenvalue weighted by molar-refractivity contribution is 5.82. The van der Waals surface area contributed by atoms with E-state index in [1.165, 1.54) is 6.08 Å². The monoisotopic (exact) mass is 504 g/mol. The predicted octanol–water partition coefficient (Wildman–Crippen LogP) is 4.65. The number of carbonyl (C=O) groups excluding carboxylic acids is 1. The molecule has 204 valence electrons. The topological polar surface area (TPSA) is 107 Å². The lowest BCUT2D eigenvalue weighted by Gasteiger charge is -2.31. The van der Waals surface area contributed by atoms with Crippen LogP contribution in [-0.4, -0.2) is 56.9 Å². The van der Waals surface area contributed by atoms with Gasteiger partial charge in [-0.15, -0.1) is 0 Å². The second-order valence-corrected chi connectivity index (χ2v) is 10.3. The number of allylic oxidation sites excluding steroid dienone is 4. The molecule has 0 aromatic carbocycles. The molecule has 0 aromatic heterocycles. The van der Waals surface area contributed by atoms with Gasteiger partial charge in [-0.3, -0.25) is 0 Å². The summed E-state index contributed by atoms with van der Waals surface area (Å²) >= 11 is 0. The number of aliphatic hydroxyl groups is 4. The van der Waals surface area contributed by atoms with Gasteiger partial charge in [-0.2, -0.15) is 0 Å². The summed E-state index contributed by atoms with van der Waals surface area (Å²) in [7, 11) is 0. The summed E-state index contributed by atoms with van der Waals surface area (Å²) in [6.07, 6.45) is 15.4. The minimum atomic E-state index is -0.806. The molecule has 0 aromatic rings. The fourth-order valence-corrected chi connectivity index (χ4v) is 4.54. The van der Waals surface area contributed by atoms with Gasteiger partial charge in [-0.1, -0.05) is 95.7 Å². The highest BCUT2D eigenvalue weighted by atomic mass is 16.5. The zero-order valence-electron chi connectivity index (χ0n) is 22.4. The van der Waals surface area contributed by atoms with Gasteiger partial charge in [0.1, 0.15) is 6.10 Å². The Morgan fingerprint density at radius 1 is 1.06 bits per heavy atom. The molecule has 0 fully saturated rings. The van der Waals surface area contributed by atoms with E-state index in [1.54, 1.807) is 30.4 Å². The number of hydrogen-bond acceptors (Lipinski definition) is 6. The van der Waals surface area contributed by atoms with Gasteiger partial charge >= 0.3 is 5.97 Å². The third kappa shape index (κ3) is 12.3. The van der Waals surface area contributed by atoms with Crippen molar-refractivity contribution in [2.45, 2.75) is 96.7 Å². The summed E-state index contributed by atoms with van der Waals surface area (Å²) in [5.41, 5.74) is 0. The van der Waals surface area contributed by atoms with E-state index in [-0.39, 0.29) is 30.1 Å². The lowest BCUT2D eigenvalue weighted by atomic mass is 9.85. The molecule has 6 heteroatoms. The summed E-state index contributed by atoms with van der Waals surface area (Å²) in [5.74, 6) is -0.939. The van der Waals surface area contributed by atoms with Gasteiger partial charge in [-0.25, -0.2) is 4.79 Å². The molecule has 4 N–H and O–H groups in total. The van der Waals surface area contributed by atoms with Crippen molar-refractivity contribution in [3.8, 4) is 0 Å². The number of esters is 1. The fraction of sp³-hybridized carbons (Fsp3) is 0.633. The predicted molar refractivity (Wildman–Crippen MR) is 145 cm³/mol. The van der Waals surface area contributed by atoms with Gasteiger partial charge in [0.15, 0.2) is 0 Å². The number of aliphatic hydroxyl groups excluding tert-OH is 4. The maximum absolute atomic E-state index is 12.5. The largest absolute Gasteiger partial charge is 0.458 e. The van der Waals surface area contributed by atoms with Crippen LogP contribution in [0, 0.1) is 23.7 Å². The molecule has 0 spiro atoms. The second kappa shape index (κ2) is 17.5. The minimum Gasteiger partial charge on any atom is -0.458 e. The lowest BCUT2D eigenvalue weighted by molar-refractivity contribution is -0.150. The molecule has 1 rings (SSSR count). The van der Waals surface area contributed by atoms with Crippen molar-refractivity contribution in [1.29, 1.82) is 0 Å². The molecule has 36 heavy (non-hydrogen) atoms. The fourth-order valence-electron chi connectivity index (χ4n) is 4.54. The minimum absolute atomic E-state index is 0.0644. The number of hydrogen-bond donors (Lipinski definition) is 4. The maximum Gasteiger partial charge on any atom is 0.331 e. The van der Waals surface area contributed by atoms with Crippen LogP contribution in [0.2, 0.25) is 0 Å². The quantitative estimate of drug-likeness (QED) is 0.253. The van der Waals surface area contributed by atoms with Gasteiger partial charge in [0.25, 0.3) is 0 Å².